The van der Waals surface area contributed by atoms with Gasteiger partial charge in [-0.25, -0.2) is 19.1 Å². The summed E-state index contributed by atoms with van der Waals surface area (Å²) in [7, 11) is -4.08. The summed E-state index contributed by atoms with van der Waals surface area (Å²) >= 11 is 0. The Morgan fingerprint density at radius 1 is 0.979 bits per heavy atom. The molecule has 4 aromatic rings. The van der Waals surface area contributed by atoms with Crippen LogP contribution >= 0.6 is 7.67 Å². The van der Waals surface area contributed by atoms with Gasteiger partial charge in [-0.15, -0.1) is 0 Å². The summed E-state index contributed by atoms with van der Waals surface area (Å²) in [6.45, 7) is 14.8. The summed E-state index contributed by atoms with van der Waals surface area (Å²) in [4.78, 5) is 32.3. The summed E-state index contributed by atoms with van der Waals surface area (Å²) in [5.41, 5.74) is 2.51. The van der Waals surface area contributed by atoms with E-state index in [1.165, 1.54) is 30.8 Å². The third-order valence-corrected chi connectivity index (χ3v) is 8.84. The van der Waals surface area contributed by atoms with Crippen molar-refractivity contribution in [3.8, 4) is 17.4 Å². The average Bonchev–Trinajstić information content (AvgIpc) is 3.52. The highest BCUT2D eigenvalue weighted by atomic mass is 31.2. The smallest absolute Gasteiger partial charge is 0.342 e. The van der Waals surface area contributed by atoms with E-state index in [2.05, 4.69) is 25.2 Å². The van der Waals surface area contributed by atoms with E-state index < -0.39 is 55.8 Å². The molecule has 47 heavy (non-hydrogen) atoms. The van der Waals surface area contributed by atoms with Gasteiger partial charge in [0.15, 0.2) is 11.6 Å². The van der Waals surface area contributed by atoms with Crippen LogP contribution < -0.4 is 19.6 Å². The first-order valence-corrected chi connectivity index (χ1v) is 16.9. The number of benzene rings is 1. The molecule has 0 fully saturated rings. The summed E-state index contributed by atoms with van der Waals surface area (Å²) in [6, 6.07) is 2.86. The molecule has 3 N–H and O–H groups in total. The summed E-state index contributed by atoms with van der Waals surface area (Å²) in [5, 5.41) is 9.95. The third kappa shape index (κ3) is 8.86. The van der Waals surface area contributed by atoms with Gasteiger partial charge in [-0.05, 0) is 80.5 Å². The number of aromatic nitrogens is 4. The predicted molar refractivity (Wildman–Crippen MR) is 172 cm³/mol. The maximum Gasteiger partial charge on any atom is 0.342 e. The Labute approximate surface area is 272 Å². The van der Waals surface area contributed by atoms with Crippen LogP contribution in [0.1, 0.15) is 59.7 Å². The maximum atomic E-state index is 15.3. The van der Waals surface area contributed by atoms with Crippen LogP contribution in [0.4, 0.5) is 4.39 Å². The number of fused-ring (bicyclic) bond motifs is 2. The van der Waals surface area contributed by atoms with Crippen LogP contribution in [0.15, 0.2) is 30.7 Å². The normalized spacial score (nSPS) is 15.1. The van der Waals surface area contributed by atoms with E-state index >= 15 is 4.39 Å². The largest absolute Gasteiger partial charge is 0.489 e. The van der Waals surface area contributed by atoms with Gasteiger partial charge in [0.05, 0.1) is 24.5 Å². The van der Waals surface area contributed by atoms with Crippen molar-refractivity contribution in [1.82, 2.24) is 29.8 Å². The molecule has 0 aliphatic carbocycles. The van der Waals surface area contributed by atoms with Gasteiger partial charge in [0, 0.05) is 22.2 Å². The van der Waals surface area contributed by atoms with Gasteiger partial charge in [0.2, 0.25) is 5.88 Å². The molecular formula is C31H42FN6O8P. The average molecular weight is 677 g/mol. The molecule has 0 saturated carbocycles. The van der Waals surface area contributed by atoms with Crippen molar-refractivity contribution in [3.05, 3.63) is 47.8 Å². The highest BCUT2D eigenvalue weighted by molar-refractivity contribution is 7.54. The summed E-state index contributed by atoms with van der Waals surface area (Å²) < 4.78 is 59.0. The zero-order valence-electron chi connectivity index (χ0n) is 27.9. The lowest BCUT2D eigenvalue weighted by Gasteiger charge is -2.28. The van der Waals surface area contributed by atoms with E-state index in [0.29, 0.717) is 27.7 Å². The molecular weight excluding hydrogens is 634 g/mol. The molecule has 0 saturated heterocycles. The van der Waals surface area contributed by atoms with E-state index in [0.717, 1.165) is 5.69 Å². The van der Waals surface area contributed by atoms with Crippen molar-refractivity contribution in [1.29, 1.82) is 0 Å². The van der Waals surface area contributed by atoms with Gasteiger partial charge in [-0.2, -0.15) is 10.1 Å². The fourth-order valence-electron chi connectivity index (χ4n) is 4.67. The zero-order valence-corrected chi connectivity index (χ0v) is 28.8. The van der Waals surface area contributed by atoms with Gasteiger partial charge in [0.25, 0.3) is 0 Å². The van der Waals surface area contributed by atoms with Gasteiger partial charge < -0.3 is 23.9 Å². The minimum Gasteiger partial charge on any atom is -0.489 e. The highest BCUT2D eigenvalue weighted by Gasteiger charge is 2.35. The van der Waals surface area contributed by atoms with E-state index in [9.17, 15) is 14.2 Å². The fourth-order valence-corrected chi connectivity index (χ4v) is 6.66. The molecule has 0 aliphatic rings. The number of nitrogens with zero attached hydrogens (tertiary/aromatic N) is 3. The van der Waals surface area contributed by atoms with Gasteiger partial charge >= 0.3 is 19.6 Å². The second-order valence-corrected chi connectivity index (χ2v) is 13.7. The molecule has 0 radical (unpaired) electrons. The third-order valence-electron chi connectivity index (χ3n) is 6.73. The summed E-state index contributed by atoms with van der Waals surface area (Å²) in [5.74, 6) is -1.32. The minimum atomic E-state index is -4.08. The molecule has 3 atom stereocenters. The Kier molecular flexibility index (Phi) is 11.3. The van der Waals surface area contributed by atoms with Crippen LogP contribution in [-0.2, 0) is 28.2 Å². The molecule has 4 rings (SSSR count). The number of carbonyl (C=O) groups is 2. The van der Waals surface area contributed by atoms with Crippen molar-refractivity contribution in [2.45, 2.75) is 92.7 Å². The Hall–Kier alpha value is -4.04. The van der Waals surface area contributed by atoms with Gasteiger partial charge in [-0.1, -0.05) is 0 Å². The number of halogens is 1. The monoisotopic (exact) mass is 676 g/mol. The molecule has 16 heteroatoms. The van der Waals surface area contributed by atoms with Crippen LogP contribution in [-0.4, -0.2) is 68.5 Å². The lowest BCUT2D eigenvalue weighted by atomic mass is 10.2. The minimum absolute atomic E-state index is 0.00375. The number of ether oxygens (including phenoxy) is 4. The number of hydrogen-bond acceptors (Lipinski definition) is 10. The van der Waals surface area contributed by atoms with Crippen LogP contribution in [0.2, 0.25) is 0 Å². The number of carbonyl (C=O) groups excluding carboxylic acids is 2. The van der Waals surface area contributed by atoms with Gasteiger partial charge in [-0.3, -0.25) is 18.7 Å². The number of rotatable bonds is 15. The molecule has 1 aromatic carbocycles. The van der Waals surface area contributed by atoms with Gasteiger partial charge in [0.1, 0.15) is 36.3 Å². The predicted octanol–water partition coefficient (Wildman–Crippen LogP) is 5.51. The highest BCUT2D eigenvalue weighted by Crippen LogP contribution is 2.41. The first-order chi connectivity index (χ1) is 22.1. The molecule has 0 amide bonds. The van der Waals surface area contributed by atoms with Crippen LogP contribution in [0.25, 0.3) is 16.4 Å². The molecule has 0 spiro atoms. The quantitative estimate of drug-likeness (QED) is 0.107. The Morgan fingerprint density at radius 3 is 2.19 bits per heavy atom. The number of aryl methyl sites for hydroxylation is 2. The lowest BCUT2D eigenvalue weighted by Crippen LogP contribution is -2.44. The van der Waals surface area contributed by atoms with Crippen LogP contribution in [0, 0.1) is 19.7 Å². The second kappa shape index (κ2) is 14.8. The molecule has 0 bridgehead atoms. The molecule has 256 valence electrons. The number of aromatic amines is 1. The van der Waals surface area contributed by atoms with Crippen molar-refractivity contribution < 1.29 is 42.0 Å². The van der Waals surface area contributed by atoms with Crippen LogP contribution in [0.3, 0.4) is 0 Å². The first kappa shape index (κ1) is 35.8. The fraction of sp³-hybridized carbons (Fsp3) is 0.484. The molecule has 3 unspecified atom stereocenters. The molecule has 3 aromatic heterocycles. The molecule has 14 nitrogen and oxygen atoms in total. The lowest BCUT2D eigenvalue weighted by molar-refractivity contribution is -0.149. The van der Waals surface area contributed by atoms with Crippen molar-refractivity contribution in [2.24, 2.45) is 0 Å². The SMILES string of the molecule is Cc1cc2c(F)c(Oc3ncnn4cc(OCC(C)OP(=O)(NC(C)C(=O)OC(C)C)NC(C)C(=O)OC(C)C)c(C)c34)ccc2[nH]1. The van der Waals surface area contributed by atoms with E-state index in [1.54, 1.807) is 59.9 Å². The standard InChI is InChI=1S/C31H42FN6O8P/c1-16(2)43-30(39)21(8)36-47(41,37-22(9)31(40)44-17(3)4)46-19(6)14-42-26-13-38-28(20(26)7)29(33-15-34-38)45-25-11-10-24-23(27(25)32)12-18(5)35-24/h10-13,15-17,19,21-22,35H,14H2,1-9H3,(H2,36,37,41). The van der Waals surface area contributed by atoms with Crippen molar-refractivity contribution >= 4 is 36.0 Å². The van der Waals surface area contributed by atoms with E-state index in [1.807, 2.05) is 6.92 Å². The molecule has 0 aliphatic heterocycles. The Balaban J connectivity index is 1.50. The number of esters is 2. The van der Waals surface area contributed by atoms with E-state index in [-0.39, 0.29) is 18.2 Å². The Morgan fingerprint density at radius 2 is 1.60 bits per heavy atom. The summed E-state index contributed by atoms with van der Waals surface area (Å²) in [6.07, 6.45) is 1.27. The number of H-pyrrole nitrogens is 1. The van der Waals surface area contributed by atoms with Crippen molar-refractivity contribution in [2.75, 3.05) is 6.61 Å². The zero-order chi connectivity index (χ0) is 34.6. The maximum absolute atomic E-state index is 15.3. The number of hydrogen-bond donors (Lipinski definition) is 3. The topological polar surface area (TPSA) is 167 Å². The van der Waals surface area contributed by atoms with Crippen LogP contribution in [0.5, 0.6) is 17.4 Å². The second-order valence-electron chi connectivity index (χ2n) is 11.8. The van der Waals surface area contributed by atoms with E-state index in [4.69, 9.17) is 23.5 Å². The number of nitrogens with one attached hydrogen (secondary N) is 3. The Bertz CT molecular complexity index is 1760. The first-order valence-electron chi connectivity index (χ1n) is 15.2. The molecule has 3 heterocycles. The van der Waals surface area contributed by atoms with Crippen molar-refractivity contribution in [3.63, 3.8) is 0 Å².